The van der Waals surface area contributed by atoms with Crippen LogP contribution in [0.3, 0.4) is 0 Å². The first kappa shape index (κ1) is 14.1. The van der Waals surface area contributed by atoms with Crippen LogP contribution in [-0.4, -0.2) is 40.0 Å². The molecule has 2 aromatic rings. The Morgan fingerprint density at radius 2 is 2.10 bits per heavy atom. The van der Waals surface area contributed by atoms with E-state index < -0.39 is 11.9 Å². The van der Waals surface area contributed by atoms with Crippen molar-refractivity contribution in [2.45, 2.75) is 13.8 Å². The topological polar surface area (TPSA) is 73.4 Å². The summed E-state index contributed by atoms with van der Waals surface area (Å²) < 4.78 is 0. The molecule has 0 bridgehead atoms. The fourth-order valence-electron chi connectivity index (χ4n) is 2.13. The Kier molecular flexibility index (Phi) is 4.08. The highest BCUT2D eigenvalue weighted by Crippen LogP contribution is 2.16. The third-order valence-corrected chi connectivity index (χ3v) is 3.39. The van der Waals surface area contributed by atoms with Gasteiger partial charge in [0.1, 0.15) is 0 Å². The van der Waals surface area contributed by atoms with Crippen molar-refractivity contribution in [3.8, 4) is 0 Å². The maximum Gasteiger partial charge on any atom is 0.308 e. The third-order valence-electron chi connectivity index (χ3n) is 3.39. The number of carboxylic acid groups (broad SMARTS) is 1. The number of carbonyl (C=O) groups is 2. The lowest BCUT2D eigenvalue weighted by Crippen LogP contribution is -2.36. The van der Waals surface area contributed by atoms with Crippen molar-refractivity contribution in [3.63, 3.8) is 0 Å². The van der Waals surface area contributed by atoms with E-state index in [1.807, 2.05) is 25.3 Å². The lowest BCUT2D eigenvalue weighted by Gasteiger charge is -2.23. The molecule has 0 aliphatic heterocycles. The zero-order chi connectivity index (χ0) is 14.7. The number of H-pyrrole nitrogens is 1. The van der Waals surface area contributed by atoms with E-state index in [9.17, 15) is 9.59 Å². The molecule has 0 aliphatic rings. The summed E-state index contributed by atoms with van der Waals surface area (Å²) >= 11 is 0. The minimum absolute atomic E-state index is 0.142. The van der Waals surface area contributed by atoms with Crippen molar-refractivity contribution in [1.82, 2.24) is 9.88 Å². The summed E-state index contributed by atoms with van der Waals surface area (Å²) in [6, 6.07) is 7.39. The first-order valence-corrected chi connectivity index (χ1v) is 6.62. The molecule has 0 saturated heterocycles. The zero-order valence-electron chi connectivity index (χ0n) is 11.6. The highest BCUT2D eigenvalue weighted by Gasteiger charge is 2.20. The molecule has 2 rings (SSSR count). The molecule has 1 heterocycles. The minimum Gasteiger partial charge on any atom is -0.481 e. The monoisotopic (exact) mass is 274 g/mol. The summed E-state index contributed by atoms with van der Waals surface area (Å²) in [5, 5.41) is 9.99. The number of aromatic nitrogens is 1. The molecule has 1 amide bonds. The number of rotatable bonds is 5. The normalized spacial score (nSPS) is 12.3. The van der Waals surface area contributed by atoms with Crippen LogP contribution in [0.4, 0.5) is 0 Å². The second-order valence-electron chi connectivity index (χ2n) is 4.86. The van der Waals surface area contributed by atoms with E-state index in [1.165, 1.54) is 0 Å². The van der Waals surface area contributed by atoms with E-state index in [2.05, 4.69) is 4.98 Å². The van der Waals surface area contributed by atoms with E-state index in [4.69, 9.17) is 5.11 Å². The van der Waals surface area contributed by atoms with Crippen molar-refractivity contribution >= 4 is 22.8 Å². The highest BCUT2D eigenvalue weighted by molar-refractivity contribution is 5.98. The first-order chi connectivity index (χ1) is 9.52. The summed E-state index contributed by atoms with van der Waals surface area (Å²) in [5.41, 5.74) is 1.47. The van der Waals surface area contributed by atoms with E-state index in [-0.39, 0.29) is 12.5 Å². The average Bonchev–Trinajstić information content (AvgIpc) is 2.90. The Labute approximate surface area is 117 Å². The Morgan fingerprint density at radius 3 is 2.75 bits per heavy atom. The number of aromatic amines is 1. The van der Waals surface area contributed by atoms with Crippen molar-refractivity contribution in [2.75, 3.05) is 13.1 Å². The zero-order valence-corrected chi connectivity index (χ0v) is 11.6. The lowest BCUT2D eigenvalue weighted by molar-refractivity contribution is -0.141. The number of carboxylic acids is 1. The molecule has 5 nitrogen and oxygen atoms in total. The third kappa shape index (κ3) is 2.82. The molecule has 20 heavy (non-hydrogen) atoms. The van der Waals surface area contributed by atoms with Gasteiger partial charge in [-0.2, -0.15) is 0 Å². The molecule has 0 saturated carbocycles. The number of aliphatic carboxylic acids is 1. The number of nitrogens with zero attached hydrogens (tertiary/aromatic N) is 1. The van der Waals surface area contributed by atoms with Crippen LogP contribution >= 0.6 is 0 Å². The Morgan fingerprint density at radius 1 is 1.35 bits per heavy atom. The fourth-order valence-corrected chi connectivity index (χ4v) is 2.13. The number of hydrogen-bond donors (Lipinski definition) is 2. The smallest absolute Gasteiger partial charge is 0.308 e. The predicted molar refractivity (Wildman–Crippen MR) is 76.7 cm³/mol. The van der Waals surface area contributed by atoms with Crippen molar-refractivity contribution in [2.24, 2.45) is 5.92 Å². The SMILES string of the molecule is CCN(CC(C)C(=O)O)C(=O)c1ccc2cc[nH]c2c1. The van der Waals surface area contributed by atoms with Gasteiger partial charge in [-0.05, 0) is 30.5 Å². The van der Waals surface area contributed by atoms with Gasteiger partial charge in [-0.25, -0.2) is 0 Å². The molecule has 106 valence electrons. The summed E-state index contributed by atoms with van der Waals surface area (Å²) in [7, 11) is 0. The number of carbonyl (C=O) groups excluding carboxylic acids is 1. The van der Waals surface area contributed by atoms with Gasteiger partial charge in [0.15, 0.2) is 0 Å². The second kappa shape index (κ2) is 5.77. The van der Waals surface area contributed by atoms with Crippen LogP contribution in [-0.2, 0) is 4.79 Å². The molecule has 1 unspecified atom stereocenters. The molecule has 0 spiro atoms. The van der Waals surface area contributed by atoms with E-state index in [0.717, 1.165) is 10.9 Å². The van der Waals surface area contributed by atoms with Gasteiger partial charge in [-0.3, -0.25) is 9.59 Å². The molecule has 1 aromatic heterocycles. The molecular formula is C15H18N2O3. The molecule has 0 fully saturated rings. The first-order valence-electron chi connectivity index (χ1n) is 6.62. The lowest BCUT2D eigenvalue weighted by atomic mass is 10.1. The standard InChI is InChI=1S/C15H18N2O3/c1-3-17(9-10(2)15(19)20)14(18)12-5-4-11-6-7-16-13(11)8-12/h4-8,10,16H,3,9H2,1-2H3,(H,19,20). The van der Waals surface area contributed by atoms with E-state index in [0.29, 0.717) is 12.1 Å². The fraction of sp³-hybridized carbons (Fsp3) is 0.333. The largest absolute Gasteiger partial charge is 0.481 e. The van der Waals surface area contributed by atoms with Crippen LogP contribution in [0.5, 0.6) is 0 Å². The van der Waals surface area contributed by atoms with Gasteiger partial charge < -0.3 is 15.0 Å². The van der Waals surface area contributed by atoms with Crippen LogP contribution in [0.15, 0.2) is 30.5 Å². The molecule has 1 aromatic carbocycles. The van der Waals surface area contributed by atoms with Crippen LogP contribution in [0.2, 0.25) is 0 Å². The van der Waals surface area contributed by atoms with Crippen LogP contribution < -0.4 is 0 Å². The second-order valence-corrected chi connectivity index (χ2v) is 4.86. The van der Waals surface area contributed by atoms with E-state index in [1.54, 1.807) is 24.0 Å². The van der Waals surface area contributed by atoms with Crippen molar-refractivity contribution in [1.29, 1.82) is 0 Å². The van der Waals surface area contributed by atoms with E-state index >= 15 is 0 Å². The summed E-state index contributed by atoms with van der Waals surface area (Å²) in [6.07, 6.45) is 1.82. The Hall–Kier alpha value is -2.30. The van der Waals surface area contributed by atoms with Gasteiger partial charge in [0.2, 0.25) is 0 Å². The number of fused-ring (bicyclic) bond motifs is 1. The number of benzene rings is 1. The minimum atomic E-state index is -0.893. The maximum atomic E-state index is 12.4. The van der Waals surface area contributed by atoms with Crippen molar-refractivity contribution < 1.29 is 14.7 Å². The number of amides is 1. The maximum absolute atomic E-state index is 12.4. The molecule has 0 radical (unpaired) electrons. The van der Waals surface area contributed by atoms with Gasteiger partial charge in [0.05, 0.1) is 5.92 Å². The Bertz CT molecular complexity index is 633. The summed E-state index contributed by atoms with van der Waals surface area (Å²) in [5.74, 6) is -1.61. The van der Waals surface area contributed by atoms with Crippen LogP contribution in [0, 0.1) is 5.92 Å². The van der Waals surface area contributed by atoms with Crippen molar-refractivity contribution in [3.05, 3.63) is 36.0 Å². The van der Waals surface area contributed by atoms with Gasteiger partial charge in [0.25, 0.3) is 5.91 Å². The van der Waals surface area contributed by atoms with Gasteiger partial charge in [-0.1, -0.05) is 13.0 Å². The quantitative estimate of drug-likeness (QED) is 0.879. The summed E-state index contributed by atoms with van der Waals surface area (Å²) in [4.78, 5) is 27.9. The highest BCUT2D eigenvalue weighted by atomic mass is 16.4. The predicted octanol–water partition coefficient (Wildman–Crippen LogP) is 2.35. The molecule has 1 atom stereocenters. The number of hydrogen-bond acceptors (Lipinski definition) is 2. The van der Waals surface area contributed by atoms with Crippen LogP contribution in [0.1, 0.15) is 24.2 Å². The van der Waals surface area contributed by atoms with Gasteiger partial charge >= 0.3 is 5.97 Å². The van der Waals surface area contributed by atoms with Gasteiger partial charge in [0, 0.05) is 30.4 Å². The average molecular weight is 274 g/mol. The Balaban J connectivity index is 2.20. The summed E-state index contributed by atoms with van der Waals surface area (Å²) in [6.45, 7) is 4.15. The molecule has 2 N–H and O–H groups in total. The molecule has 0 aliphatic carbocycles. The number of nitrogens with one attached hydrogen (secondary N) is 1. The van der Waals surface area contributed by atoms with Crippen LogP contribution in [0.25, 0.3) is 10.9 Å². The molecule has 5 heteroatoms. The molecular weight excluding hydrogens is 256 g/mol. The van der Waals surface area contributed by atoms with Gasteiger partial charge in [-0.15, -0.1) is 0 Å².